The second-order valence-electron chi connectivity index (χ2n) is 6.39. The van der Waals surface area contributed by atoms with Crippen molar-refractivity contribution in [1.82, 2.24) is 20.1 Å². The second kappa shape index (κ2) is 10.4. The summed E-state index contributed by atoms with van der Waals surface area (Å²) >= 11 is 1.66. The van der Waals surface area contributed by atoms with Gasteiger partial charge in [0.25, 0.3) is 0 Å². The molecule has 0 saturated carbocycles. The summed E-state index contributed by atoms with van der Waals surface area (Å²) in [5.74, 6) is 0.725. The molecule has 1 aliphatic heterocycles. The number of guanidine groups is 1. The quantitative estimate of drug-likeness (QED) is 0.580. The van der Waals surface area contributed by atoms with Gasteiger partial charge in [-0.2, -0.15) is 0 Å². The van der Waals surface area contributed by atoms with E-state index >= 15 is 0 Å². The van der Waals surface area contributed by atoms with E-state index in [2.05, 4.69) is 15.3 Å². The molecule has 0 aromatic carbocycles. The van der Waals surface area contributed by atoms with Gasteiger partial charge >= 0.3 is 0 Å². The Hall–Kier alpha value is -1.67. The Morgan fingerprint density at radius 2 is 2.28 bits per heavy atom. The van der Waals surface area contributed by atoms with E-state index in [-0.39, 0.29) is 18.6 Å². The average molecular weight is 368 g/mol. The smallest absolute Gasteiger partial charge is 0.243 e. The highest BCUT2D eigenvalue weighted by Crippen LogP contribution is 2.11. The van der Waals surface area contributed by atoms with E-state index in [1.54, 1.807) is 30.3 Å². The van der Waals surface area contributed by atoms with Crippen LogP contribution in [0.3, 0.4) is 0 Å². The van der Waals surface area contributed by atoms with Gasteiger partial charge in [-0.3, -0.25) is 4.79 Å². The van der Waals surface area contributed by atoms with Crippen LogP contribution in [0.25, 0.3) is 0 Å². The Balaban J connectivity index is 1.91. The molecule has 1 fully saturated rings. The predicted molar refractivity (Wildman–Crippen MR) is 101 cm³/mol. The molecule has 0 aliphatic carbocycles. The Kier molecular flexibility index (Phi) is 8.14. The van der Waals surface area contributed by atoms with Gasteiger partial charge in [0.2, 0.25) is 5.91 Å². The number of aliphatic imine (C=N–C) groups is 1. The summed E-state index contributed by atoms with van der Waals surface area (Å²) in [4.78, 5) is 24.3. The van der Waals surface area contributed by atoms with Gasteiger partial charge in [-0.25, -0.2) is 9.98 Å². The summed E-state index contributed by atoms with van der Waals surface area (Å²) in [6.07, 6.45) is 6.32. The number of likely N-dealkylation sites (N-methyl/N-ethyl adjacent to an activating group) is 2. The first-order valence-corrected chi connectivity index (χ1v) is 9.64. The molecule has 2 rings (SSSR count). The van der Waals surface area contributed by atoms with Gasteiger partial charge in [-0.15, -0.1) is 11.3 Å². The van der Waals surface area contributed by atoms with Crippen molar-refractivity contribution in [3.63, 3.8) is 0 Å². The van der Waals surface area contributed by atoms with E-state index in [0.29, 0.717) is 0 Å². The predicted octanol–water partition coefficient (Wildman–Crippen LogP) is 1.22. The zero-order valence-electron chi connectivity index (χ0n) is 15.4. The van der Waals surface area contributed by atoms with Crippen LogP contribution in [0.4, 0.5) is 0 Å². The third kappa shape index (κ3) is 6.99. The van der Waals surface area contributed by atoms with Crippen molar-refractivity contribution in [1.29, 1.82) is 0 Å². The van der Waals surface area contributed by atoms with Crippen LogP contribution in [-0.2, 0) is 16.0 Å². The molecule has 1 aromatic rings. The van der Waals surface area contributed by atoms with Crippen molar-refractivity contribution < 1.29 is 9.53 Å². The maximum absolute atomic E-state index is 11.9. The van der Waals surface area contributed by atoms with Crippen molar-refractivity contribution in [3.05, 3.63) is 16.6 Å². The highest BCUT2D eigenvalue weighted by atomic mass is 32.1. The third-order valence-corrected chi connectivity index (χ3v) is 4.97. The zero-order valence-corrected chi connectivity index (χ0v) is 16.2. The Morgan fingerprint density at radius 1 is 1.44 bits per heavy atom. The van der Waals surface area contributed by atoms with Gasteiger partial charge in [0.15, 0.2) is 5.96 Å². The largest absolute Gasteiger partial charge is 0.376 e. The van der Waals surface area contributed by atoms with Crippen molar-refractivity contribution in [3.8, 4) is 0 Å². The summed E-state index contributed by atoms with van der Waals surface area (Å²) < 4.78 is 5.77. The number of amides is 1. The minimum absolute atomic E-state index is 0.0125. The maximum Gasteiger partial charge on any atom is 0.243 e. The summed E-state index contributed by atoms with van der Waals surface area (Å²) in [7, 11) is 5.47. The molecule has 0 spiro atoms. The lowest BCUT2D eigenvalue weighted by atomic mass is 10.1. The third-order valence-electron chi connectivity index (χ3n) is 4.13. The Labute approximate surface area is 154 Å². The van der Waals surface area contributed by atoms with Crippen LogP contribution >= 0.6 is 11.3 Å². The fourth-order valence-corrected chi connectivity index (χ4v) is 3.12. The molecule has 1 amide bonds. The Bertz CT molecular complexity index is 541. The fraction of sp³-hybridized carbons (Fsp3) is 0.706. The van der Waals surface area contributed by atoms with Crippen molar-refractivity contribution in [2.24, 2.45) is 4.99 Å². The molecule has 2 heterocycles. The van der Waals surface area contributed by atoms with Gasteiger partial charge < -0.3 is 19.9 Å². The summed E-state index contributed by atoms with van der Waals surface area (Å²) in [5.41, 5.74) is 0. The molecule has 25 heavy (non-hydrogen) atoms. The highest BCUT2D eigenvalue weighted by molar-refractivity contribution is 7.09. The van der Waals surface area contributed by atoms with Crippen LogP contribution in [0.1, 0.15) is 24.3 Å². The van der Waals surface area contributed by atoms with Crippen molar-refractivity contribution in [2.45, 2.75) is 31.8 Å². The van der Waals surface area contributed by atoms with Gasteiger partial charge in [0.1, 0.15) is 6.54 Å². The van der Waals surface area contributed by atoms with Crippen LogP contribution in [0.2, 0.25) is 0 Å². The fourth-order valence-electron chi connectivity index (χ4n) is 2.51. The molecule has 8 heteroatoms. The van der Waals surface area contributed by atoms with Crippen molar-refractivity contribution in [2.75, 3.05) is 47.4 Å². The number of nitrogens with one attached hydrogen (secondary N) is 1. The second-order valence-corrected chi connectivity index (χ2v) is 7.37. The van der Waals surface area contributed by atoms with Crippen LogP contribution in [0, 0.1) is 0 Å². The van der Waals surface area contributed by atoms with E-state index in [1.165, 1.54) is 6.42 Å². The number of hydrogen-bond donors (Lipinski definition) is 1. The first-order chi connectivity index (χ1) is 12.1. The van der Waals surface area contributed by atoms with Crippen LogP contribution in [0.5, 0.6) is 0 Å². The number of rotatable bonds is 7. The van der Waals surface area contributed by atoms with Gasteiger partial charge in [-0.05, 0) is 19.3 Å². The van der Waals surface area contributed by atoms with Crippen LogP contribution in [-0.4, -0.2) is 80.1 Å². The normalized spacial score (nSPS) is 18.0. The molecule has 1 aliphatic rings. The number of aromatic nitrogens is 1. The first kappa shape index (κ1) is 19.7. The topological polar surface area (TPSA) is 70.1 Å². The molecule has 0 radical (unpaired) electrons. The van der Waals surface area contributed by atoms with Crippen molar-refractivity contribution >= 4 is 23.2 Å². The summed E-state index contributed by atoms with van der Waals surface area (Å²) in [5, 5.41) is 6.46. The maximum atomic E-state index is 11.9. The standard InChI is InChI=1S/C17H29N5O2S/c1-21(2)16(23)13-20-17(19-12-14-6-4-5-10-24-14)22(3)9-7-15-18-8-11-25-15/h8,11,14H,4-7,9-10,12-13H2,1-3H3,(H,19,20). The molecule has 1 saturated heterocycles. The van der Waals surface area contributed by atoms with E-state index in [0.717, 1.165) is 49.9 Å². The lowest BCUT2D eigenvalue weighted by molar-refractivity contribution is -0.127. The van der Waals surface area contributed by atoms with Gasteiger partial charge in [-0.1, -0.05) is 0 Å². The number of carbonyl (C=O) groups excluding carboxylic acids is 1. The highest BCUT2D eigenvalue weighted by Gasteiger charge is 2.16. The number of thiazole rings is 1. The van der Waals surface area contributed by atoms with Crippen LogP contribution < -0.4 is 5.32 Å². The number of carbonyl (C=O) groups is 1. The molecule has 1 atom stereocenters. The molecule has 0 bridgehead atoms. The summed E-state index contributed by atoms with van der Waals surface area (Å²) in [6, 6.07) is 0. The molecule has 7 nitrogen and oxygen atoms in total. The van der Waals surface area contributed by atoms with Gasteiger partial charge in [0, 0.05) is 58.8 Å². The van der Waals surface area contributed by atoms with E-state index < -0.39 is 0 Å². The van der Waals surface area contributed by atoms with Crippen LogP contribution in [0.15, 0.2) is 16.6 Å². The average Bonchev–Trinajstić information content (AvgIpc) is 3.13. The zero-order chi connectivity index (χ0) is 18.1. The monoisotopic (exact) mass is 367 g/mol. The SMILES string of the molecule is CN(C)C(=O)CN=C(NCC1CCCCO1)N(C)CCc1nccs1. The van der Waals surface area contributed by atoms with E-state index in [4.69, 9.17) is 4.74 Å². The van der Waals surface area contributed by atoms with E-state index in [9.17, 15) is 4.79 Å². The summed E-state index contributed by atoms with van der Waals surface area (Å²) in [6.45, 7) is 2.48. The van der Waals surface area contributed by atoms with E-state index in [1.807, 2.05) is 23.5 Å². The minimum atomic E-state index is -0.0125. The lowest BCUT2D eigenvalue weighted by Gasteiger charge is -2.27. The number of hydrogen-bond acceptors (Lipinski definition) is 5. The van der Waals surface area contributed by atoms with Gasteiger partial charge in [0.05, 0.1) is 11.1 Å². The Morgan fingerprint density at radius 3 is 2.92 bits per heavy atom. The lowest BCUT2D eigenvalue weighted by Crippen LogP contribution is -2.44. The molecule has 1 aromatic heterocycles. The molecule has 1 unspecified atom stereocenters. The first-order valence-electron chi connectivity index (χ1n) is 8.76. The number of nitrogens with zero attached hydrogens (tertiary/aromatic N) is 4. The molecular weight excluding hydrogens is 338 g/mol. The minimum Gasteiger partial charge on any atom is -0.376 e. The molecule has 1 N–H and O–H groups in total. The molecular formula is C17H29N5O2S. The number of ether oxygens (including phenoxy) is 1. The molecule has 140 valence electrons.